The molecular formula is C23H18FN3O2S. The number of anilines is 1. The Labute approximate surface area is 177 Å². The fraction of sp³-hybridized carbons (Fsp3) is 0.0870. The van der Waals surface area contributed by atoms with Gasteiger partial charge in [0.2, 0.25) is 5.89 Å². The predicted octanol–water partition coefficient (Wildman–Crippen LogP) is 5.38. The maximum Gasteiger partial charge on any atom is 0.257 e. The molecule has 0 saturated heterocycles. The first-order valence-corrected chi connectivity index (χ1v) is 9.65. The maximum absolute atomic E-state index is 13.0. The summed E-state index contributed by atoms with van der Waals surface area (Å²) < 4.78 is 18.9. The number of fused-ring (bicyclic) bond motifs is 1. The third kappa shape index (κ3) is 4.36. The monoisotopic (exact) mass is 419 g/mol. The topological polar surface area (TPSA) is 67.2 Å². The Morgan fingerprint density at radius 3 is 2.40 bits per heavy atom. The molecule has 0 atom stereocenters. The SMILES string of the molecule is Cc1cc(C)cc(-c2nc3cc(NC(=S)NC(=O)c4ccc(F)cc4)ccc3o2)c1. The van der Waals surface area contributed by atoms with Gasteiger partial charge in [-0.2, -0.15) is 0 Å². The van der Waals surface area contributed by atoms with Crippen LogP contribution in [0.4, 0.5) is 10.1 Å². The molecule has 7 heteroatoms. The summed E-state index contributed by atoms with van der Waals surface area (Å²) in [7, 11) is 0. The molecule has 4 aromatic rings. The van der Waals surface area contributed by atoms with E-state index in [1.807, 2.05) is 26.0 Å². The Balaban J connectivity index is 1.50. The molecule has 0 spiro atoms. The van der Waals surface area contributed by atoms with Crippen molar-refractivity contribution in [3.63, 3.8) is 0 Å². The van der Waals surface area contributed by atoms with E-state index in [4.69, 9.17) is 16.6 Å². The summed E-state index contributed by atoms with van der Waals surface area (Å²) in [6.07, 6.45) is 0. The van der Waals surface area contributed by atoms with Crippen LogP contribution in [0.2, 0.25) is 0 Å². The van der Waals surface area contributed by atoms with Gasteiger partial charge in [-0.3, -0.25) is 10.1 Å². The normalized spacial score (nSPS) is 10.8. The molecule has 5 nitrogen and oxygen atoms in total. The van der Waals surface area contributed by atoms with Crippen LogP contribution in [0.3, 0.4) is 0 Å². The van der Waals surface area contributed by atoms with Gasteiger partial charge in [-0.1, -0.05) is 17.2 Å². The van der Waals surface area contributed by atoms with Crippen molar-refractivity contribution in [1.29, 1.82) is 0 Å². The van der Waals surface area contributed by atoms with Gasteiger partial charge in [0.15, 0.2) is 10.7 Å². The fourth-order valence-corrected chi connectivity index (χ4v) is 3.38. The zero-order valence-electron chi connectivity index (χ0n) is 16.3. The van der Waals surface area contributed by atoms with Crippen molar-refractivity contribution in [1.82, 2.24) is 10.3 Å². The molecule has 30 heavy (non-hydrogen) atoms. The molecule has 0 aliphatic carbocycles. The van der Waals surface area contributed by atoms with Gasteiger partial charge < -0.3 is 9.73 Å². The predicted molar refractivity (Wildman–Crippen MR) is 119 cm³/mol. The smallest absolute Gasteiger partial charge is 0.257 e. The summed E-state index contributed by atoms with van der Waals surface area (Å²) in [6.45, 7) is 4.06. The van der Waals surface area contributed by atoms with Gasteiger partial charge >= 0.3 is 0 Å². The number of hydrogen-bond acceptors (Lipinski definition) is 4. The summed E-state index contributed by atoms with van der Waals surface area (Å²) in [4.78, 5) is 16.8. The average Bonchev–Trinajstić information content (AvgIpc) is 3.11. The van der Waals surface area contributed by atoms with Gasteiger partial charge in [0.05, 0.1) is 0 Å². The second kappa shape index (κ2) is 8.04. The Hall–Kier alpha value is -3.58. The van der Waals surface area contributed by atoms with E-state index < -0.39 is 11.7 Å². The zero-order valence-corrected chi connectivity index (χ0v) is 17.1. The number of aromatic nitrogens is 1. The van der Waals surface area contributed by atoms with E-state index in [1.165, 1.54) is 24.3 Å². The number of aryl methyl sites for hydroxylation is 2. The molecule has 0 bridgehead atoms. The first kappa shape index (κ1) is 19.7. The molecule has 0 aliphatic rings. The molecule has 0 fully saturated rings. The standard InChI is InChI=1S/C23H18FN3O2S/c1-13-9-14(2)11-16(10-13)22-26-19-12-18(7-8-20(19)29-22)25-23(30)27-21(28)15-3-5-17(24)6-4-15/h3-12H,1-2H3,(H2,25,27,28,30). The molecule has 4 rings (SSSR count). The van der Waals surface area contributed by atoms with E-state index in [2.05, 4.69) is 21.7 Å². The molecule has 0 unspecified atom stereocenters. The van der Waals surface area contributed by atoms with Gasteiger partial charge in [-0.15, -0.1) is 0 Å². The minimum atomic E-state index is -0.424. The molecular weight excluding hydrogens is 401 g/mol. The highest BCUT2D eigenvalue weighted by atomic mass is 32.1. The first-order chi connectivity index (χ1) is 14.4. The number of nitrogens with one attached hydrogen (secondary N) is 2. The molecule has 2 N–H and O–H groups in total. The Bertz CT molecular complexity index is 1250. The number of nitrogens with zero attached hydrogens (tertiary/aromatic N) is 1. The maximum atomic E-state index is 13.0. The molecule has 1 amide bonds. The Kier molecular flexibility index (Phi) is 5.29. The van der Waals surface area contributed by atoms with E-state index in [-0.39, 0.29) is 5.11 Å². The van der Waals surface area contributed by atoms with E-state index in [1.54, 1.807) is 18.2 Å². The number of carbonyl (C=O) groups is 1. The van der Waals surface area contributed by atoms with Crippen molar-refractivity contribution in [3.8, 4) is 11.5 Å². The van der Waals surface area contributed by atoms with Gasteiger partial charge in [0, 0.05) is 16.8 Å². The van der Waals surface area contributed by atoms with Crippen LogP contribution in [0.5, 0.6) is 0 Å². The highest BCUT2D eigenvalue weighted by molar-refractivity contribution is 7.80. The molecule has 1 heterocycles. The lowest BCUT2D eigenvalue weighted by atomic mass is 10.1. The summed E-state index contributed by atoms with van der Waals surface area (Å²) in [5.41, 5.74) is 5.48. The number of benzene rings is 3. The van der Waals surface area contributed by atoms with Gasteiger partial charge in [-0.25, -0.2) is 9.37 Å². The number of carbonyl (C=O) groups excluding carboxylic acids is 1. The fourth-order valence-electron chi connectivity index (χ4n) is 3.17. The van der Waals surface area contributed by atoms with Crippen molar-refractivity contribution < 1.29 is 13.6 Å². The summed E-state index contributed by atoms with van der Waals surface area (Å²) in [6, 6.07) is 16.7. The van der Waals surface area contributed by atoms with Crippen LogP contribution in [0.1, 0.15) is 21.5 Å². The van der Waals surface area contributed by atoms with Crippen molar-refractivity contribution in [2.24, 2.45) is 0 Å². The second-order valence-electron chi connectivity index (χ2n) is 6.99. The minimum Gasteiger partial charge on any atom is -0.436 e. The minimum absolute atomic E-state index is 0.127. The summed E-state index contributed by atoms with van der Waals surface area (Å²) in [5, 5.41) is 5.65. The molecule has 0 radical (unpaired) electrons. The molecule has 0 saturated carbocycles. The van der Waals surface area contributed by atoms with Crippen LogP contribution in [0.25, 0.3) is 22.6 Å². The van der Waals surface area contributed by atoms with Crippen LogP contribution >= 0.6 is 12.2 Å². The zero-order chi connectivity index (χ0) is 21.3. The van der Waals surface area contributed by atoms with Gasteiger partial charge in [0.25, 0.3) is 5.91 Å². The summed E-state index contributed by atoms with van der Waals surface area (Å²) >= 11 is 5.21. The van der Waals surface area contributed by atoms with Crippen molar-refractivity contribution >= 4 is 40.0 Å². The van der Waals surface area contributed by atoms with Crippen LogP contribution in [0.15, 0.2) is 65.1 Å². The third-order valence-corrected chi connectivity index (χ3v) is 4.65. The van der Waals surface area contributed by atoms with Crippen LogP contribution in [-0.4, -0.2) is 16.0 Å². The molecule has 3 aromatic carbocycles. The highest BCUT2D eigenvalue weighted by Crippen LogP contribution is 2.27. The quantitative estimate of drug-likeness (QED) is 0.437. The first-order valence-electron chi connectivity index (χ1n) is 9.24. The lowest BCUT2D eigenvalue weighted by Crippen LogP contribution is -2.34. The largest absolute Gasteiger partial charge is 0.436 e. The Morgan fingerprint density at radius 2 is 1.70 bits per heavy atom. The number of amides is 1. The van der Waals surface area contributed by atoms with E-state index in [0.29, 0.717) is 28.2 Å². The van der Waals surface area contributed by atoms with E-state index in [0.717, 1.165) is 16.7 Å². The molecule has 150 valence electrons. The number of hydrogen-bond donors (Lipinski definition) is 2. The van der Waals surface area contributed by atoms with Crippen molar-refractivity contribution in [2.75, 3.05) is 5.32 Å². The van der Waals surface area contributed by atoms with Gasteiger partial charge in [-0.05, 0) is 80.7 Å². The van der Waals surface area contributed by atoms with Crippen molar-refractivity contribution in [2.45, 2.75) is 13.8 Å². The number of thiocarbonyl (C=S) groups is 1. The molecule has 1 aromatic heterocycles. The molecule has 0 aliphatic heterocycles. The van der Waals surface area contributed by atoms with E-state index >= 15 is 0 Å². The van der Waals surface area contributed by atoms with Crippen molar-refractivity contribution in [3.05, 3.63) is 83.2 Å². The number of oxazole rings is 1. The van der Waals surface area contributed by atoms with Crippen LogP contribution in [0, 0.1) is 19.7 Å². The number of halogens is 1. The number of rotatable bonds is 3. The third-order valence-electron chi connectivity index (χ3n) is 4.45. The van der Waals surface area contributed by atoms with Gasteiger partial charge in [0.1, 0.15) is 11.3 Å². The highest BCUT2D eigenvalue weighted by Gasteiger charge is 2.12. The lowest BCUT2D eigenvalue weighted by molar-refractivity contribution is 0.0977. The van der Waals surface area contributed by atoms with Crippen LogP contribution < -0.4 is 10.6 Å². The second-order valence-corrected chi connectivity index (χ2v) is 7.40. The van der Waals surface area contributed by atoms with E-state index in [9.17, 15) is 9.18 Å². The Morgan fingerprint density at radius 1 is 1.00 bits per heavy atom. The summed E-state index contributed by atoms with van der Waals surface area (Å²) in [5.74, 6) is -0.290. The lowest BCUT2D eigenvalue weighted by Gasteiger charge is -2.09. The average molecular weight is 419 g/mol. The van der Waals surface area contributed by atoms with Crippen LogP contribution in [-0.2, 0) is 0 Å².